The van der Waals surface area contributed by atoms with Crippen molar-refractivity contribution in [3.05, 3.63) is 12.7 Å². The van der Waals surface area contributed by atoms with Crippen molar-refractivity contribution in [1.82, 2.24) is 4.90 Å². The Hall–Kier alpha value is -1.52. The number of carbonyl (C=O) groups excluding carboxylic acids is 2. The monoisotopic (exact) mass is 229 g/mol. The van der Waals surface area contributed by atoms with Gasteiger partial charge in [-0.2, -0.15) is 0 Å². The Morgan fingerprint density at radius 1 is 1.44 bits per heavy atom. The van der Waals surface area contributed by atoms with Crippen LogP contribution in [0.5, 0.6) is 0 Å². The van der Waals surface area contributed by atoms with Gasteiger partial charge in [0, 0.05) is 6.54 Å². The summed E-state index contributed by atoms with van der Waals surface area (Å²) in [6, 6.07) is 0. The van der Waals surface area contributed by atoms with Crippen LogP contribution in [-0.2, 0) is 14.3 Å². The lowest BCUT2D eigenvalue weighted by atomic mass is 10.4. The fourth-order valence-electron chi connectivity index (χ4n) is 0.998. The van der Waals surface area contributed by atoms with E-state index in [9.17, 15) is 9.59 Å². The van der Waals surface area contributed by atoms with Crippen LogP contribution in [0.1, 0.15) is 20.8 Å². The molecule has 0 radical (unpaired) electrons. The fourth-order valence-corrected chi connectivity index (χ4v) is 0.998. The number of carbonyl (C=O) groups is 2. The van der Waals surface area contributed by atoms with E-state index in [2.05, 4.69) is 6.58 Å². The summed E-state index contributed by atoms with van der Waals surface area (Å²) in [4.78, 5) is 24.0. The van der Waals surface area contributed by atoms with Gasteiger partial charge in [-0.3, -0.25) is 9.69 Å². The second-order valence-corrected chi connectivity index (χ2v) is 3.41. The van der Waals surface area contributed by atoms with E-state index in [1.165, 1.54) is 11.0 Å². The zero-order valence-corrected chi connectivity index (χ0v) is 10.1. The molecule has 0 bridgehead atoms. The molecule has 0 spiro atoms. The number of hydrogen-bond acceptors (Lipinski definition) is 4. The van der Waals surface area contributed by atoms with Gasteiger partial charge < -0.3 is 9.47 Å². The summed E-state index contributed by atoms with van der Waals surface area (Å²) in [5, 5.41) is 0. The molecule has 0 fully saturated rings. The number of esters is 1. The number of ether oxygens (including phenoxy) is 2. The summed E-state index contributed by atoms with van der Waals surface area (Å²) in [6.07, 6.45) is 0.769. The van der Waals surface area contributed by atoms with E-state index in [4.69, 9.17) is 9.47 Å². The lowest BCUT2D eigenvalue weighted by molar-refractivity contribution is -0.144. The molecule has 0 unspecified atom stereocenters. The quantitative estimate of drug-likeness (QED) is 0.512. The first-order chi connectivity index (χ1) is 7.51. The number of rotatable bonds is 6. The normalized spacial score (nSPS) is 9.75. The lowest BCUT2D eigenvalue weighted by Crippen LogP contribution is -2.38. The van der Waals surface area contributed by atoms with Crippen LogP contribution in [0.3, 0.4) is 0 Å². The Bertz CT molecular complexity index is 250. The van der Waals surface area contributed by atoms with Crippen molar-refractivity contribution < 1.29 is 19.1 Å². The maximum absolute atomic E-state index is 11.5. The highest BCUT2D eigenvalue weighted by molar-refractivity contribution is 5.78. The number of hydrogen-bond donors (Lipinski definition) is 0. The molecule has 0 rings (SSSR count). The maximum atomic E-state index is 11.5. The Labute approximate surface area is 96.0 Å². The molecule has 0 aliphatic heterocycles. The minimum atomic E-state index is -0.539. The van der Waals surface area contributed by atoms with Crippen LogP contribution < -0.4 is 0 Å². The molecular weight excluding hydrogens is 210 g/mol. The third-order valence-electron chi connectivity index (χ3n) is 1.57. The summed E-state index contributed by atoms with van der Waals surface area (Å²) in [5.41, 5.74) is 0. The van der Waals surface area contributed by atoms with Gasteiger partial charge >= 0.3 is 12.1 Å². The summed E-state index contributed by atoms with van der Waals surface area (Å²) >= 11 is 0. The van der Waals surface area contributed by atoms with Gasteiger partial charge in [0.15, 0.2) is 0 Å². The van der Waals surface area contributed by atoms with Crippen LogP contribution in [0.25, 0.3) is 0 Å². The van der Waals surface area contributed by atoms with Crippen LogP contribution in [0.4, 0.5) is 4.79 Å². The summed E-state index contributed by atoms with van der Waals surface area (Å²) < 4.78 is 9.73. The zero-order valence-electron chi connectivity index (χ0n) is 10.1. The molecular formula is C11H19NO4. The molecule has 0 saturated carbocycles. The first-order valence-electron chi connectivity index (χ1n) is 5.23. The average molecular weight is 229 g/mol. The van der Waals surface area contributed by atoms with Crippen LogP contribution in [0, 0.1) is 0 Å². The van der Waals surface area contributed by atoms with Gasteiger partial charge in [-0.15, -0.1) is 6.58 Å². The third-order valence-corrected chi connectivity index (χ3v) is 1.57. The molecule has 5 nitrogen and oxygen atoms in total. The largest absolute Gasteiger partial charge is 0.465 e. The van der Waals surface area contributed by atoms with Gasteiger partial charge in [-0.1, -0.05) is 6.08 Å². The van der Waals surface area contributed by atoms with Crippen LogP contribution in [-0.4, -0.2) is 42.8 Å². The Balaban J connectivity index is 4.30. The smallest absolute Gasteiger partial charge is 0.410 e. The average Bonchev–Trinajstić information content (AvgIpc) is 2.16. The number of amides is 1. The van der Waals surface area contributed by atoms with Crippen molar-refractivity contribution in [3.63, 3.8) is 0 Å². The Morgan fingerprint density at radius 2 is 2.06 bits per heavy atom. The predicted octanol–water partition coefficient (Wildman–Crippen LogP) is 1.58. The van der Waals surface area contributed by atoms with Crippen molar-refractivity contribution >= 4 is 12.1 Å². The highest BCUT2D eigenvalue weighted by Gasteiger charge is 2.18. The zero-order chi connectivity index (χ0) is 12.6. The van der Waals surface area contributed by atoms with Crippen LogP contribution in [0.15, 0.2) is 12.7 Å². The van der Waals surface area contributed by atoms with Gasteiger partial charge in [0.1, 0.15) is 6.54 Å². The van der Waals surface area contributed by atoms with Gasteiger partial charge in [0.25, 0.3) is 0 Å². The van der Waals surface area contributed by atoms with Crippen molar-refractivity contribution in [3.8, 4) is 0 Å². The Kier molecular flexibility index (Phi) is 7.00. The van der Waals surface area contributed by atoms with E-state index in [1.807, 2.05) is 0 Å². The van der Waals surface area contributed by atoms with Crippen LogP contribution >= 0.6 is 0 Å². The van der Waals surface area contributed by atoms with Gasteiger partial charge in [0.05, 0.1) is 12.7 Å². The molecule has 5 heteroatoms. The molecule has 0 aromatic carbocycles. The highest BCUT2D eigenvalue weighted by atomic mass is 16.6. The lowest BCUT2D eigenvalue weighted by Gasteiger charge is -2.20. The molecule has 0 N–H and O–H groups in total. The second kappa shape index (κ2) is 7.73. The molecule has 0 aliphatic rings. The van der Waals surface area contributed by atoms with Crippen molar-refractivity contribution in [2.75, 3.05) is 19.7 Å². The third kappa shape index (κ3) is 6.06. The minimum Gasteiger partial charge on any atom is -0.465 e. The van der Waals surface area contributed by atoms with E-state index >= 15 is 0 Å². The predicted molar refractivity (Wildman–Crippen MR) is 60.0 cm³/mol. The molecule has 92 valence electrons. The molecule has 16 heavy (non-hydrogen) atoms. The van der Waals surface area contributed by atoms with Crippen LogP contribution in [0.2, 0.25) is 0 Å². The molecule has 0 aromatic heterocycles. The molecule has 0 aliphatic carbocycles. The first kappa shape index (κ1) is 14.5. The standard InChI is InChI=1S/C11H19NO4/c1-5-7-12(8-10(13)15-6-2)11(14)16-9(3)4/h5,9H,1,6-8H2,2-4H3. The van der Waals surface area contributed by atoms with Crippen molar-refractivity contribution in [2.45, 2.75) is 26.9 Å². The van der Waals surface area contributed by atoms with E-state index in [-0.39, 0.29) is 19.2 Å². The van der Waals surface area contributed by atoms with E-state index in [0.29, 0.717) is 6.61 Å². The maximum Gasteiger partial charge on any atom is 0.410 e. The fraction of sp³-hybridized carbons (Fsp3) is 0.636. The molecule has 0 atom stereocenters. The SMILES string of the molecule is C=CCN(CC(=O)OCC)C(=O)OC(C)C. The number of nitrogens with zero attached hydrogens (tertiary/aromatic N) is 1. The summed E-state index contributed by atoms with van der Waals surface area (Å²) in [5.74, 6) is -0.454. The summed E-state index contributed by atoms with van der Waals surface area (Å²) in [7, 11) is 0. The molecule has 1 amide bonds. The van der Waals surface area contributed by atoms with E-state index < -0.39 is 12.1 Å². The molecule has 0 aromatic rings. The highest BCUT2D eigenvalue weighted by Crippen LogP contribution is 1.99. The summed E-state index contributed by atoms with van der Waals surface area (Å²) in [6.45, 7) is 9.14. The molecule has 0 heterocycles. The molecule has 0 saturated heterocycles. The first-order valence-corrected chi connectivity index (χ1v) is 5.23. The van der Waals surface area contributed by atoms with Gasteiger partial charge in [-0.05, 0) is 20.8 Å². The van der Waals surface area contributed by atoms with E-state index in [1.54, 1.807) is 20.8 Å². The topological polar surface area (TPSA) is 55.8 Å². The van der Waals surface area contributed by atoms with Crippen molar-refractivity contribution in [1.29, 1.82) is 0 Å². The van der Waals surface area contributed by atoms with Crippen molar-refractivity contribution in [2.24, 2.45) is 0 Å². The Morgan fingerprint density at radius 3 is 2.50 bits per heavy atom. The van der Waals surface area contributed by atoms with Gasteiger partial charge in [0.2, 0.25) is 0 Å². The second-order valence-electron chi connectivity index (χ2n) is 3.41. The van der Waals surface area contributed by atoms with Gasteiger partial charge in [-0.25, -0.2) is 4.79 Å². The van der Waals surface area contributed by atoms with E-state index in [0.717, 1.165) is 0 Å². The minimum absolute atomic E-state index is 0.120.